The molecule has 30 heavy (non-hydrogen) atoms. The smallest absolute Gasteiger partial charge is 0.258 e. The Labute approximate surface area is 178 Å². The number of rotatable bonds is 10. The zero-order valence-corrected chi connectivity index (χ0v) is 18.0. The zero-order valence-electron chi connectivity index (χ0n) is 17.2. The minimum absolute atomic E-state index is 0.145. The molecule has 0 spiro atoms. The molecule has 10 heteroatoms. The number of benzene rings is 1. The number of carbonyl (C=O) groups is 1. The summed E-state index contributed by atoms with van der Waals surface area (Å²) in [4.78, 5) is 21.1. The first kappa shape index (κ1) is 21.8. The van der Waals surface area contributed by atoms with Crippen molar-refractivity contribution in [2.24, 2.45) is 5.92 Å². The molecule has 0 saturated carbocycles. The number of nitrogens with one attached hydrogen (secondary N) is 2. The van der Waals surface area contributed by atoms with E-state index in [1.165, 1.54) is 36.0 Å². The molecule has 3 aromatic rings. The maximum atomic E-state index is 12.9. The Kier molecular flexibility index (Phi) is 7.45. The summed E-state index contributed by atoms with van der Waals surface area (Å²) in [7, 11) is 0. The summed E-state index contributed by atoms with van der Waals surface area (Å²) in [6.45, 7) is 5.75. The Morgan fingerprint density at radius 3 is 2.73 bits per heavy atom. The average Bonchev–Trinajstić information content (AvgIpc) is 3.14. The van der Waals surface area contributed by atoms with Gasteiger partial charge in [0.05, 0.1) is 18.1 Å². The topological polar surface area (TPSA) is 94.0 Å². The van der Waals surface area contributed by atoms with E-state index in [4.69, 9.17) is 4.74 Å². The predicted octanol–water partition coefficient (Wildman–Crippen LogP) is 2.95. The molecule has 0 fully saturated rings. The van der Waals surface area contributed by atoms with Gasteiger partial charge in [-0.15, -0.1) is 0 Å². The minimum Gasteiger partial charge on any atom is -0.484 e. The number of carbonyl (C=O) groups excluding carboxylic acids is 1. The molecule has 0 bridgehead atoms. The van der Waals surface area contributed by atoms with E-state index in [0.29, 0.717) is 29.9 Å². The van der Waals surface area contributed by atoms with Crippen LogP contribution in [0.25, 0.3) is 11.0 Å². The van der Waals surface area contributed by atoms with E-state index in [1.54, 1.807) is 10.9 Å². The molecule has 0 radical (unpaired) electrons. The third-order valence-corrected chi connectivity index (χ3v) is 4.71. The normalized spacial score (nSPS) is 11.1. The summed E-state index contributed by atoms with van der Waals surface area (Å²) in [5.41, 5.74) is 0.720. The third kappa shape index (κ3) is 5.82. The van der Waals surface area contributed by atoms with Gasteiger partial charge in [0.1, 0.15) is 17.4 Å². The van der Waals surface area contributed by atoms with Crippen molar-refractivity contribution in [2.45, 2.75) is 25.5 Å². The third-order valence-electron chi connectivity index (χ3n) is 4.17. The molecule has 2 N–H and O–H groups in total. The molecule has 160 valence electrons. The highest BCUT2D eigenvalue weighted by atomic mass is 32.2. The largest absolute Gasteiger partial charge is 0.484 e. The van der Waals surface area contributed by atoms with Crippen molar-refractivity contribution in [3.8, 4) is 5.75 Å². The van der Waals surface area contributed by atoms with Crippen LogP contribution in [-0.2, 0) is 11.3 Å². The van der Waals surface area contributed by atoms with Crippen LogP contribution >= 0.6 is 11.8 Å². The fourth-order valence-electron chi connectivity index (χ4n) is 2.66. The monoisotopic (exact) mass is 432 g/mol. The molecule has 0 atom stereocenters. The van der Waals surface area contributed by atoms with Crippen molar-refractivity contribution < 1.29 is 13.9 Å². The van der Waals surface area contributed by atoms with Crippen LogP contribution < -0.4 is 15.4 Å². The molecular formula is C20H25FN6O2S. The van der Waals surface area contributed by atoms with Crippen LogP contribution in [0.3, 0.4) is 0 Å². The van der Waals surface area contributed by atoms with Crippen LogP contribution in [0.15, 0.2) is 35.6 Å². The van der Waals surface area contributed by atoms with Crippen LogP contribution in [0.2, 0.25) is 0 Å². The second-order valence-electron chi connectivity index (χ2n) is 7.03. The van der Waals surface area contributed by atoms with Gasteiger partial charge in [0, 0.05) is 13.1 Å². The standard InChI is InChI=1S/C20H25FN6O2S/c1-13(2)10-23-18-16-11-24-27(19(16)26-20(25-18)30-3)9-8-22-17(28)12-29-15-6-4-14(21)5-7-15/h4-7,11,13H,8-10,12H2,1-3H3,(H,22,28)(H,23,25,26). The van der Waals surface area contributed by atoms with Gasteiger partial charge >= 0.3 is 0 Å². The molecule has 0 unspecified atom stereocenters. The van der Waals surface area contributed by atoms with Crippen molar-refractivity contribution in [1.82, 2.24) is 25.1 Å². The van der Waals surface area contributed by atoms with Gasteiger partial charge in [0.2, 0.25) is 0 Å². The second-order valence-corrected chi connectivity index (χ2v) is 7.80. The summed E-state index contributed by atoms with van der Waals surface area (Å²) in [5.74, 6) is 1.06. The molecule has 0 aliphatic carbocycles. The lowest BCUT2D eigenvalue weighted by molar-refractivity contribution is -0.123. The van der Waals surface area contributed by atoms with Gasteiger partial charge in [-0.3, -0.25) is 4.79 Å². The van der Waals surface area contributed by atoms with Gasteiger partial charge in [0.15, 0.2) is 17.4 Å². The van der Waals surface area contributed by atoms with Gasteiger partial charge < -0.3 is 15.4 Å². The molecule has 2 heterocycles. The quantitative estimate of drug-likeness (QED) is 0.376. The molecule has 1 amide bonds. The van der Waals surface area contributed by atoms with E-state index in [9.17, 15) is 9.18 Å². The summed E-state index contributed by atoms with van der Waals surface area (Å²) in [5, 5.41) is 12.1. The lowest BCUT2D eigenvalue weighted by Crippen LogP contribution is -2.31. The van der Waals surface area contributed by atoms with Crippen LogP contribution in [-0.4, -0.2) is 51.6 Å². The van der Waals surface area contributed by atoms with Gasteiger partial charge in [0.25, 0.3) is 5.91 Å². The number of hydrogen-bond donors (Lipinski definition) is 2. The lowest BCUT2D eigenvalue weighted by Gasteiger charge is -2.11. The van der Waals surface area contributed by atoms with E-state index in [0.717, 1.165) is 23.4 Å². The molecule has 8 nitrogen and oxygen atoms in total. The zero-order chi connectivity index (χ0) is 21.5. The van der Waals surface area contributed by atoms with E-state index in [2.05, 4.69) is 39.5 Å². The van der Waals surface area contributed by atoms with Crippen LogP contribution in [0.5, 0.6) is 5.75 Å². The van der Waals surface area contributed by atoms with E-state index >= 15 is 0 Å². The Morgan fingerprint density at radius 1 is 1.27 bits per heavy atom. The minimum atomic E-state index is -0.353. The van der Waals surface area contributed by atoms with E-state index in [-0.39, 0.29) is 18.3 Å². The summed E-state index contributed by atoms with van der Waals surface area (Å²) >= 11 is 1.47. The highest BCUT2D eigenvalue weighted by Crippen LogP contribution is 2.23. The maximum Gasteiger partial charge on any atom is 0.258 e. The van der Waals surface area contributed by atoms with Gasteiger partial charge in [-0.2, -0.15) is 5.10 Å². The number of anilines is 1. The number of fused-ring (bicyclic) bond motifs is 1. The van der Waals surface area contributed by atoms with E-state index < -0.39 is 0 Å². The fourth-order valence-corrected chi connectivity index (χ4v) is 3.02. The predicted molar refractivity (Wildman–Crippen MR) is 115 cm³/mol. The number of hydrogen-bond acceptors (Lipinski definition) is 7. The Morgan fingerprint density at radius 2 is 2.03 bits per heavy atom. The number of amides is 1. The number of ether oxygens (including phenoxy) is 1. The van der Waals surface area contributed by atoms with Gasteiger partial charge in [-0.1, -0.05) is 25.6 Å². The second kappa shape index (κ2) is 10.2. The summed E-state index contributed by atoms with van der Waals surface area (Å²) in [6, 6.07) is 5.52. The van der Waals surface area contributed by atoms with Crippen LogP contribution in [0, 0.1) is 11.7 Å². The van der Waals surface area contributed by atoms with Crippen molar-refractivity contribution >= 4 is 34.5 Å². The molecule has 0 aliphatic heterocycles. The van der Waals surface area contributed by atoms with Crippen LogP contribution in [0.1, 0.15) is 13.8 Å². The van der Waals surface area contributed by atoms with Gasteiger partial charge in [-0.25, -0.2) is 19.0 Å². The Balaban J connectivity index is 1.58. The highest BCUT2D eigenvalue weighted by molar-refractivity contribution is 7.98. The number of nitrogens with zero attached hydrogens (tertiary/aromatic N) is 4. The first-order valence-corrected chi connectivity index (χ1v) is 10.8. The molecule has 2 aromatic heterocycles. The van der Waals surface area contributed by atoms with Crippen molar-refractivity contribution in [3.05, 3.63) is 36.3 Å². The molecule has 1 aromatic carbocycles. The Hall–Kier alpha value is -2.88. The number of thioether (sulfide) groups is 1. The molecule has 3 rings (SSSR count). The number of aromatic nitrogens is 4. The van der Waals surface area contributed by atoms with Gasteiger partial charge in [-0.05, 0) is 36.4 Å². The SMILES string of the molecule is CSc1nc(NCC(C)C)c2cnn(CCNC(=O)COc3ccc(F)cc3)c2n1. The summed E-state index contributed by atoms with van der Waals surface area (Å²) in [6.07, 6.45) is 3.66. The molecule has 0 aliphatic rings. The Bertz CT molecular complexity index is 993. The first-order valence-electron chi connectivity index (χ1n) is 9.62. The number of halogens is 1. The highest BCUT2D eigenvalue weighted by Gasteiger charge is 2.13. The first-order chi connectivity index (χ1) is 14.5. The lowest BCUT2D eigenvalue weighted by atomic mass is 10.2. The van der Waals surface area contributed by atoms with Crippen molar-refractivity contribution in [3.63, 3.8) is 0 Å². The van der Waals surface area contributed by atoms with Crippen molar-refractivity contribution in [1.29, 1.82) is 0 Å². The average molecular weight is 433 g/mol. The fraction of sp³-hybridized carbons (Fsp3) is 0.400. The summed E-state index contributed by atoms with van der Waals surface area (Å²) < 4.78 is 20.0. The van der Waals surface area contributed by atoms with Crippen LogP contribution in [0.4, 0.5) is 10.2 Å². The van der Waals surface area contributed by atoms with Crippen molar-refractivity contribution in [2.75, 3.05) is 31.3 Å². The molecular weight excluding hydrogens is 407 g/mol. The maximum absolute atomic E-state index is 12.9. The van der Waals surface area contributed by atoms with E-state index in [1.807, 2.05) is 6.26 Å². The molecule has 0 saturated heterocycles.